The zero-order valence-corrected chi connectivity index (χ0v) is 17.0. The number of hydrogen-bond donors (Lipinski definition) is 1. The van der Waals surface area contributed by atoms with Crippen LogP contribution in [0.3, 0.4) is 0 Å². The molecule has 3 heteroatoms. The van der Waals surface area contributed by atoms with Gasteiger partial charge in [-0.1, -0.05) is 106 Å². The Morgan fingerprint density at radius 2 is 1.26 bits per heavy atom. The third kappa shape index (κ3) is 18.3. The Labute approximate surface area is 165 Å². The molecule has 0 aliphatic carbocycles. The maximum Gasteiger partial charge on any atom is 0.373 e. The standard InChI is InChI=1S/C24H36O3/c1-3-5-6-7-8-9-10-11-12-13-14-15-16-17-18-19-20-21-22-23(25)24(26)27-4-2/h12-22,25H,3-11H2,1-2H3. The van der Waals surface area contributed by atoms with Crippen molar-refractivity contribution in [2.24, 2.45) is 0 Å². The van der Waals surface area contributed by atoms with E-state index in [0.29, 0.717) is 0 Å². The predicted molar refractivity (Wildman–Crippen MR) is 116 cm³/mol. The Morgan fingerprint density at radius 3 is 1.85 bits per heavy atom. The molecule has 150 valence electrons. The first kappa shape index (κ1) is 24.7. The van der Waals surface area contributed by atoms with E-state index in [4.69, 9.17) is 0 Å². The molecule has 0 unspecified atom stereocenters. The highest BCUT2D eigenvalue weighted by Gasteiger charge is 2.05. The summed E-state index contributed by atoms with van der Waals surface area (Å²) in [5.41, 5.74) is 0. The molecular formula is C24H36O3. The second-order valence-corrected chi connectivity index (χ2v) is 6.15. The van der Waals surface area contributed by atoms with Crippen LogP contribution in [0.1, 0.15) is 65.2 Å². The Balaban J connectivity index is 3.77. The molecule has 0 aliphatic heterocycles. The molecule has 0 aromatic rings. The summed E-state index contributed by atoms with van der Waals surface area (Å²) < 4.78 is 4.66. The van der Waals surface area contributed by atoms with Crippen molar-refractivity contribution in [3.63, 3.8) is 0 Å². The minimum absolute atomic E-state index is 0.243. The summed E-state index contributed by atoms with van der Waals surface area (Å²) in [6, 6.07) is 0. The zero-order valence-electron chi connectivity index (χ0n) is 17.0. The van der Waals surface area contributed by atoms with Gasteiger partial charge in [0.2, 0.25) is 5.76 Å². The van der Waals surface area contributed by atoms with Crippen LogP contribution in [-0.2, 0) is 9.53 Å². The van der Waals surface area contributed by atoms with Gasteiger partial charge >= 0.3 is 5.97 Å². The second kappa shape index (κ2) is 20.0. The number of aliphatic hydroxyl groups is 1. The van der Waals surface area contributed by atoms with Crippen molar-refractivity contribution in [3.8, 4) is 0 Å². The van der Waals surface area contributed by atoms with Crippen LogP contribution in [0.15, 0.2) is 72.6 Å². The fourth-order valence-corrected chi connectivity index (χ4v) is 2.26. The van der Waals surface area contributed by atoms with Gasteiger partial charge in [-0.2, -0.15) is 0 Å². The maximum atomic E-state index is 11.1. The van der Waals surface area contributed by atoms with Crippen molar-refractivity contribution in [2.75, 3.05) is 6.61 Å². The lowest BCUT2D eigenvalue weighted by Gasteiger charge is -1.98. The topological polar surface area (TPSA) is 46.5 Å². The van der Waals surface area contributed by atoms with E-state index in [1.54, 1.807) is 19.1 Å². The maximum absolute atomic E-state index is 11.1. The van der Waals surface area contributed by atoms with Crippen LogP contribution < -0.4 is 0 Å². The smallest absolute Gasteiger partial charge is 0.373 e. The van der Waals surface area contributed by atoms with E-state index in [2.05, 4.69) is 23.8 Å². The lowest BCUT2D eigenvalue weighted by atomic mass is 10.1. The van der Waals surface area contributed by atoms with Crippen molar-refractivity contribution >= 4 is 5.97 Å². The minimum Gasteiger partial charge on any atom is -0.502 e. The molecule has 0 rings (SSSR count). The second-order valence-electron chi connectivity index (χ2n) is 6.15. The van der Waals surface area contributed by atoms with Gasteiger partial charge in [-0.05, 0) is 25.8 Å². The first-order chi connectivity index (χ1) is 13.2. The summed E-state index contributed by atoms with van der Waals surface area (Å²) in [6.07, 6.45) is 31.1. The molecule has 0 aliphatic rings. The quantitative estimate of drug-likeness (QED) is 0.112. The number of ether oxygens (including phenoxy) is 1. The zero-order chi connectivity index (χ0) is 20.0. The van der Waals surface area contributed by atoms with Gasteiger partial charge in [0.25, 0.3) is 0 Å². The number of rotatable bonds is 15. The first-order valence-corrected chi connectivity index (χ1v) is 10.1. The largest absolute Gasteiger partial charge is 0.502 e. The molecule has 1 N–H and O–H groups in total. The molecule has 0 spiro atoms. The van der Waals surface area contributed by atoms with Gasteiger partial charge in [0.05, 0.1) is 6.61 Å². The Hall–Kier alpha value is -2.29. The van der Waals surface area contributed by atoms with Crippen LogP contribution in [0.4, 0.5) is 0 Å². The first-order valence-electron chi connectivity index (χ1n) is 10.1. The van der Waals surface area contributed by atoms with E-state index in [-0.39, 0.29) is 6.61 Å². The molecule has 0 saturated heterocycles. The van der Waals surface area contributed by atoms with Crippen LogP contribution in [0, 0.1) is 0 Å². The SMILES string of the molecule is CCCCCCCCCC=CC=CC=CC=CC=CC=C(O)C(=O)OCC. The summed E-state index contributed by atoms with van der Waals surface area (Å²) in [6.45, 7) is 4.19. The van der Waals surface area contributed by atoms with Crippen LogP contribution in [0.2, 0.25) is 0 Å². The van der Waals surface area contributed by atoms with E-state index >= 15 is 0 Å². The number of carbonyl (C=O) groups excluding carboxylic acids is 1. The number of allylic oxidation sites excluding steroid dienone is 11. The highest BCUT2D eigenvalue weighted by Crippen LogP contribution is 2.08. The summed E-state index contributed by atoms with van der Waals surface area (Å²) in [7, 11) is 0. The monoisotopic (exact) mass is 372 g/mol. The van der Waals surface area contributed by atoms with Crippen molar-refractivity contribution in [1.82, 2.24) is 0 Å². The molecule has 0 saturated carbocycles. The fraction of sp³-hybridized carbons (Fsp3) is 0.458. The Morgan fingerprint density at radius 1 is 0.741 bits per heavy atom. The molecule has 0 heterocycles. The number of hydrogen-bond acceptors (Lipinski definition) is 3. The van der Waals surface area contributed by atoms with Crippen LogP contribution >= 0.6 is 0 Å². The summed E-state index contributed by atoms with van der Waals surface area (Å²) in [5, 5.41) is 9.37. The predicted octanol–water partition coefficient (Wildman–Crippen LogP) is 6.91. The van der Waals surface area contributed by atoms with Gasteiger partial charge in [0.1, 0.15) is 0 Å². The van der Waals surface area contributed by atoms with Crippen molar-refractivity contribution < 1.29 is 14.6 Å². The molecule has 0 radical (unpaired) electrons. The highest BCUT2D eigenvalue weighted by atomic mass is 16.5. The average molecular weight is 373 g/mol. The lowest BCUT2D eigenvalue weighted by Crippen LogP contribution is -2.06. The van der Waals surface area contributed by atoms with Gasteiger partial charge in [-0.15, -0.1) is 0 Å². The summed E-state index contributed by atoms with van der Waals surface area (Å²) >= 11 is 0. The Kier molecular flexibility index (Phi) is 18.3. The molecule has 0 aromatic heterocycles. The van der Waals surface area contributed by atoms with Crippen LogP contribution in [-0.4, -0.2) is 17.7 Å². The van der Waals surface area contributed by atoms with Gasteiger partial charge in [0, 0.05) is 0 Å². The molecule has 0 bridgehead atoms. The number of unbranched alkanes of at least 4 members (excludes halogenated alkanes) is 7. The fourth-order valence-electron chi connectivity index (χ4n) is 2.26. The number of aliphatic hydroxyl groups excluding tert-OH is 1. The third-order valence-corrected chi connectivity index (χ3v) is 3.74. The van der Waals surface area contributed by atoms with Gasteiger partial charge in [-0.3, -0.25) is 0 Å². The van der Waals surface area contributed by atoms with Gasteiger partial charge in [-0.25, -0.2) is 4.79 Å². The van der Waals surface area contributed by atoms with E-state index < -0.39 is 11.7 Å². The van der Waals surface area contributed by atoms with E-state index in [0.717, 1.165) is 6.42 Å². The normalized spacial score (nSPS) is 13.2. The number of carbonyl (C=O) groups is 1. The van der Waals surface area contributed by atoms with E-state index in [9.17, 15) is 9.90 Å². The molecule has 0 amide bonds. The van der Waals surface area contributed by atoms with Crippen molar-refractivity contribution in [2.45, 2.75) is 65.2 Å². The summed E-state index contributed by atoms with van der Waals surface area (Å²) in [4.78, 5) is 11.1. The molecule has 27 heavy (non-hydrogen) atoms. The summed E-state index contributed by atoms with van der Waals surface area (Å²) in [5.74, 6) is -1.11. The van der Waals surface area contributed by atoms with Crippen molar-refractivity contribution in [1.29, 1.82) is 0 Å². The van der Waals surface area contributed by atoms with Crippen molar-refractivity contribution in [3.05, 3.63) is 72.6 Å². The molecule has 0 atom stereocenters. The van der Waals surface area contributed by atoms with Gasteiger partial charge in [0.15, 0.2) is 0 Å². The Bertz CT molecular complexity index is 534. The average Bonchev–Trinajstić information content (AvgIpc) is 2.67. The van der Waals surface area contributed by atoms with E-state index in [1.807, 2.05) is 36.5 Å². The molecule has 0 aromatic carbocycles. The highest BCUT2D eigenvalue weighted by molar-refractivity contribution is 5.86. The van der Waals surface area contributed by atoms with Crippen LogP contribution in [0.5, 0.6) is 0 Å². The molecule has 0 fully saturated rings. The lowest BCUT2D eigenvalue weighted by molar-refractivity contribution is -0.141. The number of esters is 1. The minimum atomic E-state index is -0.712. The molecule has 3 nitrogen and oxygen atoms in total. The van der Waals surface area contributed by atoms with E-state index in [1.165, 1.54) is 51.0 Å². The van der Waals surface area contributed by atoms with Gasteiger partial charge < -0.3 is 9.84 Å². The van der Waals surface area contributed by atoms with Crippen LogP contribution in [0.25, 0.3) is 0 Å². The molecular weight excluding hydrogens is 336 g/mol. The third-order valence-electron chi connectivity index (χ3n) is 3.74.